The highest BCUT2D eigenvalue weighted by Crippen LogP contribution is 2.24. The Kier molecular flexibility index (Phi) is 6.22. The SMILES string of the molecule is Cc1nnsc1C(=O)N(CCN1CCCCC1)c1ccc(C(C)(C)C)cn1. The summed E-state index contributed by atoms with van der Waals surface area (Å²) < 4.78 is 3.93. The van der Waals surface area contributed by atoms with Gasteiger partial charge in [0.1, 0.15) is 10.7 Å². The highest BCUT2D eigenvalue weighted by Gasteiger charge is 2.25. The summed E-state index contributed by atoms with van der Waals surface area (Å²) in [5.41, 5.74) is 1.87. The van der Waals surface area contributed by atoms with Crippen LogP contribution in [0.5, 0.6) is 0 Å². The van der Waals surface area contributed by atoms with Crippen LogP contribution in [0.25, 0.3) is 0 Å². The Morgan fingerprint density at radius 1 is 1.22 bits per heavy atom. The summed E-state index contributed by atoms with van der Waals surface area (Å²) in [6.07, 6.45) is 5.67. The Morgan fingerprint density at radius 3 is 2.52 bits per heavy atom. The van der Waals surface area contributed by atoms with Gasteiger partial charge in [0.2, 0.25) is 0 Å². The van der Waals surface area contributed by atoms with E-state index in [1.54, 1.807) is 4.90 Å². The molecular weight excluding hydrogens is 358 g/mol. The van der Waals surface area contributed by atoms with Crippen LogP contribution in [0.1, 0.15) is 61.0 Å². The predicted octanol–water partition coefficient (Wildman–Crippen LogP) is 3.67. The molecule has 0 aromatic carbocycles. The van der Waals surface area contributed by atoms with Crippen molar-refractivity contribution >= 4 is 23.3 Å². The van der Waals surface area contributed by atoms with Crippen LogP contribution >= 0.6 is 11.5 Å². The van der Waals surface area contributed by atoms with E-state index < -0.39 is 0 Å². The molecule has 0 atom stereocenters. The molecule has 146 valence electrons. The molecule has 0 aliphatic carbocycles. The summed E-state index contributed by atoms with van der Waals surface area (Å²) in [6, 6.07) is 4.03. The van der Waals surface area contributed by atoms with Crippen molar-refractivity contribution < 1.29 is 4.79 Å². The van der Waals surface area contributed by atoms with Crippen molar-refractivity contribution in [2.24, 2.45) is 0 Å². The van der Waals surface area contributed by atoms with E-state index in [-0.39, 0.29) is 11.3 Å². The molecule has 1 aliphatic rings. The third-order valence-corrected chi connectivity index (χ3v) is 5.89. The average molecular weight is 388 g/mol. The van der Waals surface area contributed by atoms with E-state index in [1.165, 1.54) is 19.3 Å². The van der Waals surface area contributed by atoms with Gasteiger partial charge in [0, 0.05) is 19.3 Å². The normalized spacial score (nSPS) is 15.7. The Bertz CT molecular complexity index is 759. The molecule has 2 aromatic rings. The van der Waals surface area contributed by atoms with Crippen molar-refractivity contribution in [3.63, 3.8) is 0 Å². The number of carbonyl (C=O) groups excluding carboxylic acids is 1. The van der Waals surface area contributed by atoms with E-state index in [9.17, 15) is 4.79 Å². The number of anilines is 1. The van der Waals surface area contributed by atoms with Crippen molar-refractivity contribution in [2.45, 2.75) is 52.4 Å². The minimum absolute atomic E-state index is 0.0341. The molecular formula is C20H29N5OS. The van der Waals surface area contributed by atoms with Gasteiger partial charge in [-0.15, -0.1) is 5.10 Å². The lowest BCUT2D eigenvalue weighted by Crippen LogP contribution is -2.41. The number of hydrogen-bond donors (Lipinski definition) is 0. The maximum absolute atomic E-state index is 13.2. The van der Waals surface area contributed by atoms with Gasteiger partial charge in [0.05, 0.1) is 5.69 Å². The molecule has 6 nitrogen and oxygen atoms in total. The lowest BCUT2D eigenvalue weighted by Gasteiger charge is -2.29. The standard InChI is InChI=1S/C20H29N5OS/c1-15-18(27-23-22-15)19(26)25(13-12-24-10-6-5-7-11-24)17-9-8-16(14-21-17)20(2,3)4/h8-9,14H,5-7,10-13H2,1-4H3. The van der Waals surface area contributed by atoms with Crippen molar-refractivity contribution in [3.8, 4) is 0 Å². The monoisotopic (exact) mass is 387 g/mol. The Balaban J connectivity index is 1.82. The van der Waals surface area contributed by atoms with Crippen LogP contribution in [0, 0.1) is 6.92 Å². The number of rotatable bonds is 5. The molecule has 0 spiro atoms. The summed E-state index contributed by atoms with van der Waals surface area (Å²) in [5, 5.41) is 4.00. The number of amides is 1. The van der Waals surface area contributed by atoms with Gasteiger partial charge >= 0.3 is 0 Å². The highest BCUT2D eigenvalue weighted by molar-refractivity contribution is 7.08. The largest absolute Gasteiger partial charge is 0.302 e. The van der Waals surface area contributed by atoms with Crippen LogP contribution in [0.4, 0.5) is 5.82 Å². The number of hydrogen-bond acceptors (Lipinski definition) is 6. The maximum Gasteiger partial charge on any atom is 0.273 e. The zero-order chi connectivity index (χ0) is 19.4. The zero-order valence-electron chi connectivity index (χ0n) is 16.7. The van der Waals surface area contributed by atoms with E-state index >= 15 is 0 Å². The molecule has 3 heterocycles. The fraction of sp³-hybridized carbons (Fsp3) is 0.600. The number of pyridine rings is 1. The Labute approximate surface area is 165 Å². The number of likely N-dealkylation sites (tertiary alicyclic amines) is 1. The molecule has 3 rings (SSSR count). The van der Waals surface area contributed by atoms with E-state index in [1.807, 2.05) is 19.2 Å². The van der Waals surface area contributed by atoms with E-state index in [2.05, 4.69) is 46.3 Å². The lowest BCUT2D eigenvalue weighted by molar-refractivity contribution is 0.0984. The number of piperidine rings is 1. The van der Waals surface area contributed by atoms with Gasteiger partial charge in [-0.2, -0.15) is 0 Å². The van der Waals surface area contributed by atoms with Gasteiger partial charge in [-0.05, 0) is 61.4 Å². The minimum atomic E-state index is -0.0597. The topological polar surface area (TPSA) is 62.2 Å². The van der Waals surface area contributed by atoms with E-state index in [4.69, 9.17) is 0 Å². The van der Waals surface area contributed by atoms with Crippen molar-refractivity contribution in [2.75, 3.05) is 31.1 Å². The molecule has 0 unspecified atom stereocenters. The molecule has 1 saturated heterocycles. The van der Waals surface area contributed by atoms with Crippen LogP contribution in [0.15, 0.2) is 18.3 Å². The lowest BCUT2D eigenvalue weighted by atomic mass is 9.88. The van der Waals surface area contributed by atoms with Gasteiger partial charge in [-0.3, -0.25) is 9.69 Å². The molecule has 1 fully saturated rings. The third kappa shape index (κ3) is 4.90. The summed E-state index contributed by atoms with van der Waals surface area (Å²) >= 11 is 1.16. The van der Waals surface area contributed by atoms with Crippen LogP contribution in [-0.2, 0) is 5.41 Å². The molecule has 27 heavy (non-hydrogen) atoms. The second-order valence-electron chi connectivity index (χ2n) is 8.20. The van der Waals surface area contributed by atoms with E-state index in [0.717, 1.165) is 36.7 Å². The number of aryl methyl sites for hydroxylation is 1. The summed E-state index contributed by atoms with van der Waals surface area (Å²) in [4.78, 5) is 22.6. The van der Waals surface area contributed by atoms with Crippen molar-refractivity contribution in [1.29, 1.82) is 0 Å². The summed E-state index contributed by atoms with van der Waals surface area (Å²) in [7, 11) is 0. The first-order valence-electron chi connectivity index (χ1n) is 9.66. The first kappa shape index (κ1) is 19.9. The third-order valence-electron chi connectivity index (χ3n) is 5.07. The van der Waals surface area contributed by atoms with Gasteiger partial charge in [-0.1, -0.05) is 37.7 Å². The fourth-order valence-corrected chi connectivity index (χ4v) is 3.89. The molecule has 0 saturated carbocycles. The molecule has 7 heteroatoms. The molecule has 0 N–H and O–H groups in total. The van der Waals surface area contributed by atoms with Crippen LogP contribution < -0.4 is 4.90 Å². The summed E-state index contributed by atoms with van der Waals surface area (Å²) in [5.74, 6) is 0.633. The first-order chi connectivity index (χ1) is 12.9. The predicted molar refractivity (Wildman–Crippen MR) is 110 cm³/mol. The molecule has 1 amide bonds. The maximum atomic E-state index is 13.2. The Morgan fingerprint density at radius 2 is 1.96 bits per heavy atom. The number of carbonyl (C=O) groups is 1. The number of aromatic nitrogens is 3. The number of nitrogens with zero attached hydrogens (tertiary/aromatic N) is 5. The van der Waals surface area contributed by atoms with Gasteiger partial charge in [0.15, 0.2) is 0 Å². The second-order valence-corrected chi connectivity index (χ2v) is 8.96. The zero-order valence-corrected chi connectivity index (χ0v) is 17.6. The fourth-order valence-electron chi connectivity index (χ4n) is 3.28. The van der Waals surface area contributed by atoms with Crippen LogP contribution in [0.2, 0.25) is 0 Å². The molecule has 2 aromatic heterocycles. The van der Waals surface area contributed by atoms with E-state index in [0.29, 0.717) is 22.9 Å². The highest BCUT2D eigenvalue weighted by atomic mass is 32.1. The Hall–Kier alpha value is -1.86. The molecule has 0 bridgehead atoms. The average Bonchev–Trinajstić information content (AvgIpc) is 3.08. The summed E-state index contributed by atoms with van der Waals surface area (Å²) in [6.45, 7) is 12.0. The van der Waals surface area contributed by atoms with Crippen molar-refractivity contribution in [3.05, 3.63) is 34.5 Å². The smallest absolute Gasteiger partial charge is 0.273 e. The van der Waals surface area contributed by atoms with Gasteiger partial charge < -0.3 is 4.90 Å². The van der Waals surface area contributed by atoms with Crippen molar-refractivity contribution in [1.82, 2.24) is 19.5 Å². The minimum Gasteiger partial charge on any atom is -0.302 e. The quantitative estimate of drug-likeness (QED) is 0.783. The molecule has 0 radical (unpaired) electrons. The van der Waals surface area contributed by atoms with Crippen LogP contribution in [0.3, 0.4) is 0 Å². The van der Waals surface area contributed by atoms with Gasteiger partial charge in [0.25, 0.3) is 5.91 Å². The van der Waals surface area contributed by atoms with Gasteiger partial charge in [-0.25, -0.2) is 4.98 Å². The first-order valence-corrected chi connectivity index (χ1v) is 10.4. The second kappa shape index (κ2) is 8.44. The van der Waals surface area contributed by atoms with Crippen LogP contribution in [-0.4, -0.2) is 51.6 Å². The molecule has 1 aliphatic heterocycles.